The summed E-state index contributed by atoms with van der Waals surface area (Å²) in [5, 5.41) is 9.77. The molecule has 3 fully saturated rings. The van der Waals surface area contributed by atoms with Crippen LogP contribution in [-0.2, 0) is 13.1 Å². The topological polar surface area (TPSA) is 50.1 Å². The van der Waals surface area contributed by atoms with Crippen molar-refractivity contribution in [3.8, 4) is 5.69 Å². The van der Waals surface area contributed by atoms with E-state index < -0.39 is 11.6 Å². The molecule has 1 spiro atoms. The Morgan fingerprint density at radius 1 is 1.00 bits per heavy atom. The summed E-state index contributed by atoms with van der Waals surface area (Å²) >= 11 is 6.36. The second-order valence-electron chi connectivity index (χ2n) is 12.3. The monoisotopic (exact) mass is 560 g/mol. The van der Waals surface area contributed by atoms with Gasteiger partial charge in [0.1, 0.15) is 17.5 Å². The lowest BCUT2D eigenvalue weighted by molar-refractivity contribution is -0.258. The van der Waals surface area contributed by atoms with Gasteiger partial charge >= 0.3 is 6.18 Å². The normalized spacial score (nSPS) is 26.3. The van der Waals surface area contributed by atoms with Gasteiger partial charge in [-0.25, -0.2) is 9.37 Å². The smallest absolute Gasteiger partial charge is 0.355 e. The first-order valence-electron chi connectivity index (χ1n) is 13.4. The quantitative estimate of drug-likeness (QED) is 0.357. The number of rotatable bonds is 3. The number of hydrogen-bond donors (Lipinski definition) is 0. The molecular formula is C28H29ClF4N6. The largest absolute Gasteiger partial charge is 0.394 e. The van der Waals surface area contributed by atoms with E-state index in [1.807, 2.05) is 18.2 Å². The van der Waals surface area contributed by atoms with Crippen molar-refractivity contribution in [1.82, 2.24) is 24.6 Å². The average Bonchev–Trinajstić information content (AvgIpc) is 3.11. The Balaban J connectivity index is 1.11. The van der Waals surface area contributed by atoms with E-state index in [-0.39, 0.29) is 36.0 Å². The van der Waals surface area contributed by atoms with E-state index in [4.69, 9.17) is 11.6 Å². The van der Waals surface area contributed by atoms with Gasteiger partial charge in [-0.1, -0.05) is 18.5 Å². The fourth-order valence-electron chi connectivity index (χ4n) is 7.10. The zero-order chi connectivity index (χ0) is 27.3. The SMILES string of the molecule is Cc1nc(N2CC3(CC(c4nnc5n4-c4ccc(Cl)cc4CN(C4CC(C)(C(F)(F)F)C4)C5)C3)C2)ccc1F. The number of aryl methyl sites for hydroxylation is 1. The van der Waals surface area contributed by atoms with E-state index in [0.29, 0.717) is 23.8 Å². The van der Waals surface area contributed by atoms with Crippen molar-refractivity contribution in [2.24, 2.45) is 10.8 Å². The van der Waals surface area contributed by atoms with Gasteiger partial charge in [0.05, 0.1) is 23.3 Å². The van der Waals surface area contributed by atoms with Crippen LogP contribution in [0.3, 0.4) is 0 Å². The van der Waals surface area contributed by atoms with Crippen LogP contribution in [0.4, 0.5) is 23.4 Å². The van der Waals surface area contributed by atoms with Crippen LogP contribution in [-0.4, -0.2) is 50.0 Å². The first-order chi connectivity index (χ1) is 18.4. The third-order valence-corrected chi connectivity index (χ3v) is 9.67. The van der Waals surface area contributed by atoms with Gasteiger partial charge in [0.2, 0.25) is 0 Å². The van der Waals surface area contributed by atoms with Crippen LogP contribution >= 0.6 is 11.6 Å². The molecule has 2 aliphatic carbocycles. The summed E-state index contributed by atoms with van der Waals surface area (Å²) in [4.78, 5) is 8.68. The van der Waals surface area contributed by atoms with E-state index in [9.17, 15) is 17.6 Å². The highest BCUT2D eigenvalue weighted by molar-refractivity contribution is 6.30. The number of nitrogens with zero attached hydrogens (tertiary/aromatic N) is 6. The molecule has 206 valence electrons. The molecule has 0 N–H and O–H groups in total. The Bertz CT molecular complexity index is 1450. The van der Waals surface area contributed by atoms with E-state index in [1.54, 1.807) is 13.0 Å². The van der Waals surface area contributed by atoms with E-state index >= 15 is 0 Å². The third-order valence-electron chi connectivity index (χ3n) is 9.44. The van der Waals surface area contributed by atoms with Crippen molar-refractivity contribution >= 4 is 17.4 Å². The van der Waals surface area contributed by atoms with Gasteiger partial charge in [-0.2, -0.15) is 13.2 Å². The lowest BCUT2D eigenvalue weighted by Gasteiger charge is -2.59. The van der Waals surface area contributed by atoms with Crippen molar-refractivity contribution in [1.29, 1.82) is 0 Å². The summed E-state index contributed by atoms with van der Waals surface area (Å²) in [5.41, 5.74) is 0.887. The van der Waals surface area contributed by atoms with Crippen molar-refractivity contribution in [3.05, 3.63) is 64.1 Å². The molecule has 4 aliphatic rings. The van der Waals surface area contributed by atoms with Gasteiger partial charge in [-0.3, -0.25) is 9.47 Å². The molecule has 0 unspecified atom stereocenters. The summed E-state index contributed by atoms with van der Waals surface area (Å²) in [6, 6.07) is 8.76. The molecule has 4 heterocycles. The highest BCUT2D eigenvalue weighted by Gasteiger charge is 2.60. The Morgan fingerprint density at radius 2 is 1.74 bits per heavy atom. The van der Waals surface area contributed by atoms with Crippen LogP contribution in [0.5, 0.6) is 0 Å². The van der Waals surface area contributed by atoms with Crippen LogP contribution in [0.2, 0.25) is 5.02 Å². The molecule has 6 nitrogen and oxygen atoms in total. The summed E-state index contributed by atoms with van der Waals surface area (Å²) in [6.45, 7) is 5.71. The van der Waals surface area contributed by atoms with Gasteiger partial charge in [-0.05, 0) is 68.5 Å². The lowest BCUT2D eigenvalue weighted by atomic mass is 9.57. The molecule has 39 heavy (non-hydrogen) atoms. The molecule has 1 aromatic carbocycles. The van der Waals surface area contributed by atoms with Gasteiger partial charge in [0.25, 0.3) is 0 Å². The molecular weight excluding hydrogens is 532 g/mol. The molecule has 3 aromatic rings. The molecule has 1 saturated heterocycles. The Kier molecular flexibility index (Phi) is 5.44. The minimum absolute atomic E-state index is 0.0808. The van der Waals surface area contributed by atoms with Crippen molar-refractivity contribution in [2.75, 3.05) is 18.0 Å². The minimum Gasteiger partial charge on any atom is -0.355 e. The standard InChI is InChI=1S/C28H29ClF4N6/c1-16-21(30)4-6-23(34-16)38-14-27(15-38)8-18(9-27)25-36-35-24-13-37(20-10-26(2,11-20)28(31,32)33)12-17-7-19(29)3-5-22(17)39(24)25/h3-7,18,20H,8-15H2,1-2H3. The predicted octanol–water partition coefficient (Wildman–Crippen LogP) is 6.19. The molecule has 2 aliphatic heterocycles. The molecule has 2 aromatic heterocycles. The zero-order valence-electron chi connectivity index (χ0n) is 21.8. The van der Waals surface area contributed by atoms with Crippen molar-refractivity contribution in [2.45, 2.75) is 70.8 Å². The number of aromatic nitrogens is 4. The van der Waals surface area contributed by atoms with Crippen molar-refractivity contribution < 1.29 is 17.6 Å². The van der Waals surface area contributed by atoms with E-state index in [1.165, 1.54) is 13.0 Å². The molecule has 7 rings (SSSR count). The van der Waals surface area contributed by atoms with E-state index in [0.717, 1.165) is 54.6 Å². The highest BCUT2D eigenvalue weighted by atomic mass is 35.5. The minimum atomic E-state index is -4.20. The number of fused-ring (bicyclic) bond motifs is 3. The summed E-state index contributed by atoms with van der Waals surface area (Å²) in [5.74, 6) is 2.42. The summed E-state index contributed by atoms with van der Waals surface area (Å²) < 4.78 is 56.4. The number of benzene rings is 1. The lowest BCUT2D eigenvalue weighted by Crippen LogP contribution is -2.62. The average molecular weight is 561 g/mol. The molecule has 0 amide bonds. The maximum Gasteiger partial charge on any atom is 0.394 e. The molecule has 11 heteroatoms. The first-order valence-corrected chi connectivity index (χ1v) is 13.7. The maximum atomic E-state index is 13.6. The third kappa shape index (κ3) is 3.96. The molecule has 0 bridgehead atoms. The second kappa shape index (κ2) is 8.39. The highest BCUT2D eigenvalue weighted by Crippen LogP contribution is 2.57. The van der Waals surface area contributed by atoms with E-state index in [2.05, 4.69) is 29.5 Å². The fourth-order valence-corrected chi connectivity index (χ4v) is 7.30. The number of anilines is 1. The van der Waals surface area contributed by atoms with Gasteiger partial charge < -0.3 is 4.90 Å². The molecule has 2 saturated carbocycles. The Morgan fingerprint density at radius 3 is 2.44 bits per heavy atom. The van der Waals surface area contributed by atoms with Gasteiger partial charge in [0.15, 0.2) is 5.82 Å². The maximum absolute atomic E-state index is 13.6. The van der Waals surface area contributed by atoms with Gasteiger partial charge in [0, 0.05) is 42.0 Å². The Labute approximate surface area is 229 Å². The summed E-state index contributed by atoms with van der Waals surface area (Å²) in [6.07, 6.45) is -2.09. The van der Waals surface area contributed by atoms with Crippen LogP contribution in [0.15, 0.2) is 30.3 Å². The summed E-state index contributed by atoms with van der Waals surface area (Å²) in [7, 11) is 0. The van der Waals surface area contributed by atoms with Gasteiger partial charge in [-0.15, -0.1) is 10.2 Å². The predicted molar refractivity (Wildman–Crippen MR) is 138 cm³/mol. The number of halogens is 5. The number of alkyl halides is 3. The van der Waals surface area contributed by atoms with Crippen LogP contribution in [0.1, 0.15) is 61.4 Å². The van der Waals surface area contributed by atoms with Crippen LogP contribution in [0.25, 0.3) is 5.69 Å². The molecule has 0 atom stereocenters. The fraction of sp³-hybridized carbons (Fsp3) is 0.536. The van der Waals surface area contributed by atoms with Crippen LogP contribution in [0, 0.1) is 23.6 Å². The second-order valence-corrected chi connectivity index (χ2v) is 12.7. The number of hydrogen-bond acceptors (Lipinski definition) is 5. The number of pyridine rings is 1. The Hall–Kier alpha value is -2.72. The van der Waals surface area contributed by atoms with Crippen LogP contribution < -0.4 is 4.90 Å². The van der Waals surface area contributed by atoms with Crippen molar-refractivity contribution in [3.63, 3.8) is 0 Å². The molecule has 0 radical (unpaired) electrons. The first kappa shape index (κ1) is 25.3. The zero-order valence-corrected chi connectivity index (χ0v) is 22.5.